The van der Waals surface area contributed by atoms with Crippen LogP contribution in [0, 0.1) is 13.8 Å². The Kier molecular flexibility index (Phi) is 4.19. The number of likely N-dealkylation sites (N-methyl/N-ethyl adjacent to an activating group) is 1. The molecule has 0 N–H and O–H groups in total. The SMILES string of the molecule is Cc1nc2c(C)cccn2c1CC(=O)N(C)C1CCCCC1. The number of fused-ring (bicyclic) bond motifs is 1. The monoisotopic (exact) mass is 299 g/mol. The maximum Gasteiger partial charge on any atom is 0.228 e. The van der Waals surface area contributed by atoms with Gasteiger partial charge in [0, 0.05) is 19.3 Å². The molecule has 118 valence electrons. The quantitative estimate of drug-likeness (QED) is 0.872. The number of pyridine rings is 1. The van der Waals surface area contributed by atoms with Crippen LogP contribution in [0.4, 0.5) is 0 Å². The minimum absolute atomic E-state index is 0.207. The molecule has 0 aromatic carbocycles. The number of hydrogen-bond acceptors (Lipinski definition) is 2. The first kappa shape index (κ1) is 15.1. The molecular formula is C18H25N3O. The highest BCUT2D eigenvalue weighted by atomic mass is 16.2. The minimum Gasteiger partial charge on any atom is -0.342 e. The van der Waals surface area contributed by atoms with Crippen molar-refractivity contribution < 1.29 is 4.79 Å². The second kappa shape index (κ2) is 6.11. The molecule has 0 spiro atoms. The van der Waals surface area contributed by atoms with Crippen molar-refractivity contribution in [2.24, 2.45) is 0 Å². The molecule has 0 atom stereocenters. The van der Waals surface area contributed by atoms with Crippen LogP contribution in [0.1, 0.15) is 49.1 Å². The molecule has 1 aliphatic rings. The van der Waals surface area contributed by atoms with E-state index in [1.54, 1.807) is 0 Å². The van der Waals surface area contributed by atoms with Crippen LogP contribution in [-0.2, 0) is 11.2 Å². The highest BCUT2D eigenvalue weighted by Gasteiger charge is 2.23. The molecule has 0 radical (unpaired) electrons. The molecule has 0 saturated heterocycles. The molecule has 1 aliphatic carbocycles. The van der Waals surface area contributed by atoms with Gasteiger partial charge in [0.15, 0.2) is 0 Å². The van der Waals surface area contributed by atoms with Gasteiger partial charge in [0.05, 0.1) is 17.8 Å². The lowest BCUT2D eigenvalue weighted by Gasteiger charge is -2.31. The molecule has 1 fully saturated rings. The Morgan fingerprint density at radius 2 is 2.05 bits per heavy atom. The fourth-order valence-corrected chi connectivity index (χ4v) is 3.52. The van der Waals surface area contributed by atoms with Crippen LogP contribution < -0.4 is 0 Å². The number of carbonyl (C=O) groups is 1. The van der Waals surface area contributed by atoms with E-state index >= 15 is 0 Å². The second-order valence-electron chi connectivity index (χ2n) is 6.50. The van der Waals surface area contributed by atoms with E-state index in [-0.39, 0.29) is 5.91 Å². The summed E-state index contributed by atoms with van der Waals surface area (Å²) >= 11 is 0. The van der Waals surface area contributed by atoms with Crippen molar-refractivity contribution >= 4 is 11.6 Å². The zero-order valence-electron chi connectivity index (χ0n) is 13.8. The molecule has 22 heavy (non-hydrogen) atoms. The third-order valence-corrected chi connectivity index (χ3v) is 4.98. The minimum atomic E-state index is 0.207. The zero-order valence-corrected chi connectivity index (χ0v) is 13.8. The lowest BCUT2D eigenvalue weighted by Crippen LogP contribution is -2.39. The van der Waals surface area contributed by atoms with Gasteiger partial charge in [-0.1, -0.05) is 25.3 Å². The molecule has 2 aromatic rings. The Balaban J connectivity index is 1.82. The summed E-state index contributed by atoms with van der Waals surface area (Å²) in [5.41, 5.74) is 4.08. The lowest BCUT2D eigenvalue weighted by atomic mass is 9.94. The largest absolute Gasteiger partial charge is 0.342 e. The summed E-state index contributed by atoms with van der Waals surface area (Å²) in [6.45, 7) is 4.05. The Hall–Kier alpha value is -1.84. The molecule has 0 unspecified atom stereocenters. The Morgan fingerprint density at radius 1 is 1.32 bits per heavy atom. The van der Waals surface area contributed by atoms with Gasteiger partial charge < -0.3 is 9.30 Å². The van der Waals surface area contributed by atoms with Crippen molar-refractivity contribution in [2.45, 2.75) is 58.4 Å². The van der Waals surface area contributed by atoms with Gasteiger partial charge in [-0.15, -0.1) is 0 Å². The van der Waals surface area contributed by atoms with Gasteiger partial charge in [0.25, 0.3) is 0 Å². The highest BCUT2D eigenvalue weighted by Crippen LogP contribution is 2.23. The van der Waals surface area contributed by atoms with Crippen molar-refractivity contribution in [3.8, 4) is 0 Å². The molecule has 1 amide bonds. The maximum absolute atomic E-state index is 12.7. The van der Waals surface area contributed by atoms with E-state index in [0.29, 0.717) is 12.5 Å². The number of hydrogen-bond donors (Lipinski definition) is 0. The number of rotatable bonds is 3. The number of aryl methyl sites for hydroxylation is 2. The average molecular weight is 299 g/mol. The van der Waals surface area contributed by atoms with E-state index < -0.39 is 0 Å². The molecule has 4 nitrogen and oxygen atoms in total. The lowest BCUT2D eigenvalue weighted by molar-refractivity contribution is -0.131. The van der Waals surface area contributed by atoms with E-state index in [1.807, 2.05) is 31.1 Å². The molecule has 3 rings (SSSR count). The number of nitrogens with zero attached hydrogens (tertiary/aromatic N) is 3. The predicted octanol–water partition coefficient (Wildman–Crippen LogP) is 3.28. The van der Waals surface area contributed by atoms with Crippen LogP contribution in [0.15, 0.2) is 18.3 Å². The van der Waals surface area contributed by atoms with Crippen molar-refractivity contribution in [3.05, 3.63) is 35.3 Å². The summed E-state index contributed by atoms with van der Waals surface area (Å²) in [5.74, 6) is 0.207. The molecule has 2 heterocycles. The predicted molar refractivity (Wildman–Crippen MR) is 88.0 cm³/mol. The van der Waals surface area contributed by atoms with Gasteiger partial charge >= 0.3 is 0 Å². The van der Waals surface area contributed by atoms with Crippen LogP contribution in [0.2, 0.25) is 0 Å². The smallest absolute Gasteiger partial charge is 0.228 e. The van der Waals surface area contributed by atoms with Crippen molar-refractivity contribution in [1.82, 2.24) is 14.3 Å². The summed E-state index contributed by atoms with van der Waals surface area (Å²) < 4.78 is 2.07. The zero-order chi connectivity index (χ0) is 15.7. The summed E-state index contributed by atoms with van der Waals surface area (Å²) in [4.78, 5) is 19.3. The molecule has 2 aromatic heterocycles. The number of carbonyl (C=O) groups excluding carboxylic acids is 1. The summed E-state index contributed by atoms with van der Waals surface area (Å²) in [6.07, 6.45) is 8.53. The molecule has 0 bridgehead atoms. The summed E-state index contributed by atoms with van der Waals surface area (Å²) in [7, 11) is 1.96. The van der Waals surface area contributed by atoms with Crippen molar-refractivity contribution in [3.63, 3.8) is 0 Å². The topological polar surface area (TPSA) is 37.6 Å². The third-order valence-electron chi connectivity index (χ3n) is 4.98. The Bertz CT molecular complexity index is 683. The van der Waals surface area contributed by atoms with E-state index in [1.165, 1.54) is 19.3 Å². The van der Waals surface area contributed by atoms with Crippen LogP contribution in [0.25, 0.3) is 5.65 Å². The van der Waals surface area contributed by atoms with E-state index in [2.05, 4.69) is 22.4 Å². The van der Waals surface area contributed by atoms with E-state index in [9.17, 15) is 4.79 Å². The van der Waals surface area contributed by atoms with Crippen molar-refractivity contribution in [2.75, 3.05) is 7.05 Å². The van der Waals surface area contributed by atoms with Gasteiger partial charge in [-0.25, -0.2) is 4.98 Å². The van der Waals surface area contributed by atoms with Gasteiger partial charge in [0.2, 0.25) is 5.91 Å². The first-order valence-electron chi connectivity index (χ1n) is 8.26. The summed E-state index contributed by atoms with van der Waals surface area (Å²) in [6, 6.07) is 4.49. The van der Waals surface area contributed by atoms with Gasteiger partial charge in [-0.2, -0.15) is 0 Å². The average Bonchev–Trinajstić information content (AvgIpc) is 2.85. The van der Waals surface area contributed by atoms with Crippen molar-refractivity contribution in [1.29, 1.82) is 0 Å². The summed E-state index contributed by atoms with van der Waals surface area (Å²) in [5, 5.41) is 0. The second-order valence-corrected chi connectivity index (χ2v) is 6.50. The maximum atomic E-state index is 12.7. The van der Waals surface area contributed by atoms with Gasteiger partial charge in [-0.3, -0.25) is 4.79 Å². The van der Waals surface area contributed by atoms with Gasteiger partial charge in [-0.05, 0) is 38.3 Å². The Labute approximate surface area is 132 Å². The number of amides is 1. The van der Waals surface area contributed by atoms with Crippen LogP contribution in [-0.4, -0.2) is 33.3 Å². The number of aromatic nitrogens is 2. The van der Waals surface area contributed by atoms with E-state index in [4.69, 9.17) is 0 Å². The molecular weight excluding hydrogens is 274 g/mol. The standard InChI is InChI=1S/C18H25N3O/c1-13-8-7-11-21-16(14(2)19-18(13)21)12-17(22)20(3)15-9-5-4-6-10-15/h7-8,11,15H,4-6,9-10,12H2,1-3H3. The Morgan fingerprint density at radius 3 is 2.77 bits per heavy atom. The first-order chi connectivity index (χ1) is 10.6. The van der Waals surface area contributed by atoms with Crippen LogP contribution in [0.3, 0.4) is 0 Å². The fourth-order valence-electron chi connectivity index (χ4n) is 3.52. The highest BCUT2D eigenvalue weighted by molar-refractivity contribution is 5.79. The third kappa shape index (κ3) is 2.74. The molecule has 4 heteroatoms. The van der Waals surface area contributed by atoms with E-state index in [0.717, 1.165) is 35.4 Å². The number of imidazole rings is 1. The normalized spacial score (nSPS) is 16.1. The first-order valence-corrected chi connectivity index (χ1v) is 8.26. The fraction of sp³-hybridized carbons (Fsp3) is 0.556. The van der Waals surface area contributed by atoms with Crippen LogP contribution >= 0.6 is 0 Å². The van der Waals surface area contributed by atoms with Crippen LogP contribution in [0.5, 0.6) is 0 Å². The molecule has 1 saturated carbocycles. The van der Waals surface area contributed by atoms with Gasteiger partial charge in [0.1, 0.15) is 5.65 Å². The molecule has 0 aliphatic heterocycles.